The zero-order valence-electron chi connectivity index (χ0n) is 32.0. The molecule has 0 saturated carbocycles. The topological polar surface area (TPSA) is 8.17 Å². The van der Waals surface area contributed by atoms with E-state index in [-0.39, 0.29) is 6.04 Å². The molecule has 2 heteroatoms. The summed E-state index contributed by atoms with van der Waals surface area (Å²) in [6.45, 7) is 0. The molecule has 1 aliphatic rings. The van der Waals surface area contributed by atoms with Gasteiger partial charge >= 0.3 is 0 Å². The van der Waals surface area contributed by atoms with Crippen LogP contribution in [0.15, 0.2) is 224 Å². The van der Waals surface area contributed by atoms with E-state index in [2.05, 4.69) is 234 Å². The molecule has 2 nitrogen and oxygen atoms in total. The van der Waals surface area contributed by atoms with Gasteiger partial charge in [-0.15, -0.1) is 0 Å². The molecule has 0 amide bonds. The number of rotatable bonds is 7. The average Bonchev–Trinajstić information content (AvgIpc) is 3.65. The Hall–Kier alpha value is -7.42. The van der Waals surface area contributed by atoms with Crippen molar-refractivity contribution in [1.82, 2.24) is 4.57 Å². The normalized spacial score (nSPS) is 13.8. The maximum absolute atomic E-state index is 2.57. The molecule has 1 unspecified atom stereocenters. The van der Waals surface area contributed by atoms with Crippen molar-refractivity contribution >= 4 is 60.3 Å². The molecule has 9 aromatic carbocycles. The minimum Gasteiger partial charge on any atom is -0.333 e. The number of fused-ring (bicyclic) bond motifs is 5. The van der Waals surface area contributed by atoms with Crippen molar-refractivity contribution in [1.29, 1.82) is 0 Å². The Bertz CT molecular complexity index is 3190. The summed E-state index contributed by atoms with van der Waals surface area (Å²) in [5.41, 5.74) is 12.1. The second-order valence-electron chi connectivity index (χ2n) is 15.2. The van der Waals surface area contributed by atoms with E-state index in [1.807, 2.05) is 0 Å². The highest BCUT2D eigenvalue weighted by molar-refractivity contribution is 6.11. The number of hydrogen-bond donors (Lipinski definition) is 0. The van der Waals surface area contributed by atoms with Gasteiger partial charge in [-0.2, -0.15) is 0 Å². The van der Waals surface area contributed by atoms with Crippen LogP contribution in [-0.4, -0.2) is 4.57 Å². The molecule has 0 N–H and O–H groups in total. The number of nitrogens with zero attached hydrogens (tertiary/aromatic N) is 2. The summed E-state index contributed by atoms with van der Waals surface area (Å²) in [4.78, 5) is 2.38. The third-order valence-electron chi connectivity index (χ3n) is 11.8. The largest absolute Gasteiger partial charge is 0.333 e. The van der Waals surface area contributed by atoms with Crippen LogP contribution in [-0.2, 0) is 0 Å². The molecule has 11 rings (SSSR count). The Kier molecular flexibility index (Phi) is 8.33. The second kappa shape index (κ2) is 14.3. The third kappa shape index (κ3) is 5.81. The van der Waals surface area contributed by atoms with Crippen LogP contribution in [0.25, 0.3) is 76.7 Å². The van der Waals surface area contributed by atoms with Gasteiger partial charge in [0.2, 0.25) is 0 Å². The lowest BCUT2D eigenvalue weighted by molar-refractivity contribution is 0.635. The van der Waals surface area contributed by atoms with Crippen molar-refractivity contribution in [2.75, 3.05) is 4.90 Å². The van der Waals surface area contributed by atoms with Crippen molar-refractivity contribution in [2.24, 2.45) is 0 Å². The Balaban J connectivity index is 1.04. The van der Waals surface area contributed by atoms with Crippen molar-refractivity contribution in [3.05, 3.63) is 224 Å². The van der Waals surface area contributed by atoms with E-state index in [4.69, 9.17) is 0 Å². The SMILES string of the molecule is C1=CCC(n2c(-c3ccccc3)c(-c3ccccc3)c3cc(-c4ccc5c(ccc6cc(N(c7ccccc7)c7cccc8ccccc78)ccc65)c4)ccc32)C=C1. The molecule has 1 heterocycles. The van der Waals surface area contributed by atoms with Crippen LogP contribution < -0.4 is 4.90 Å². The summed E-state index contributed by atoms with van der Waals surface area (Å²) in [5.74, 6) is 0. The summed E-state index contributed by atoms with van der Waals surface area (Å²) < 4.78 is 2.57. The molecule has 274 valence electrons. The monoisotopic (exact) mass is 740 g/mol. The number of benzene rings is 9. The summed E-state index contributed by atoms with van der Waals surface area (Å²) >= 11 is 0. The zero-order valence-corrected chi connectivity index (χ0v) is 32.0. The highest BCUT2D eigenvalue weighted by Crippen LogP contribution is 2.46. The fourth-order valence-electron chi connectivity index (χ4n) is 9.16. The first-order valence-corrected chi connectivity index (χ1v) is 20.2. The standard InChI is InChI=1S/C56H40N2/c1-5-17-40(18-6-1)55-52-38-43(31-35-54(52)58(47-24-11-4-12-25-47)56(55)41-19-7-2-8-20-41)42-30-33-49-44(36-42)28-29-45-37-48(32-34-50(45)49)57(46-22-9-3-10-23-46)53-27-15-21-39-16-13-14-26-51(39)53/h1-24,26-38,47H,25H2. The van der Waals surface area contributed by atoms with Gasteiger partial charge in [0.05, 0.1) is 17.4 Å². The Labute approximate surface area is 338 Å². The molecule has 0 bridgehead atoms. The number of allylic oxidation sites excluding steroid dienone is 4. The lowest BCUT2D eigenvalue weighted by Gasteiger charge is -2.27. The van der Waals surface area contributed by atoms with Crippen LogP contribution in [0.1, 0.15) is 12.5 Å². The predicted octanol–water partition coefficient (Wildman–Crippen LogP) is 15.6. The van der Waals surface area contributed by atoms with Gasteiger partial charge < -0.3 is 9.47 Å². The molecule has 0 aliphatic heterocycles. The molecule has 10 aromatic rings. The van der Waals surface area contributed by atoms with Gasteiger partial charge in [0.15, 0.2) is 0 Å². The predicted molar refractivity (Wildman–Crippen MR) is 247 cm³/mol. The van der Waals surface area contributed by atoms with E-state index in [9.17, 15) is 0 Å². The summed E-state index contributed by atoms with van der Waals surface area (Å²) in [6.07, 6.45) is 9.94. The van der Waals surface area contributed by atoms with Crippen LogP contribution in [0.3, 0.4) is 0 Å². The minimum atomic E-state index is 0.229. The van der Waals surface area contributed by atoms with Crippen LogP contribution in [0.4, 0.5) is 17.1 Å². The maximum Gasteiger partial charge on any atom is 0.0576 e. The lowest BCUT2D eigenvalue weighted by Crippen LogP contribution is -2.10. The second-order valence-corrected chi connectivity index (χ2v) is 15.2. The van der Waals surface area contributed by atoms with Gasteiger partial charge in [0, 0.05) is 33.2 Å². The number of aromatic nitrogens is 1. The van der Waals surface area contributed by atoms with E-state index < -0.39 is 0 Å². The smallest absolute Gasteiger partial charge is 0.0576 e. The van der Waals surface area contributed by atoms with Crippen LogP contribution in [0.5, 0.6) is 0 Å². The molecule has 0 saturated heterocycles. The van der Waals surface area contributed by atoms with E-state index >= 15 is 0 Å². The van der Waals surface area contributed by atoms with Crippen LogP contribution >= 0.6 is 0 Å². The Morgan fingerprint density at radius 2 is 1.07 bits per heavy atom. The summed E-state index contributed by atoms with van der Waals surface area (Å²) in [7, 11) is 0. The third-order valence-corrected chi connectivity index (χ3v) is 11.8. The van der Waals surface area contributed by atoms with Crippen molar-refractivity contribution < 1.29 is 0 Å². The lowest BCUT2D eigenvalue weighted by atomic mass is 9.94. The fourth-order valence-corrected chi connectivity index (χ4v) is 9.16. The molecule has 0 fully saturated rings. The molecule has 1 atom stereocenters. The van der Waals surface area contributed by atoms with E-state index in [1.54, 1.807) is 0 Å². The van der Waals surface area contributed by atoms with Crippen molar-refractivity contribution in [2.45, 2.75) is 12.5 Å². The van der Waals surface area contributed by atoms with Crippen molar-refractivity contribution in [3.8, 4) is 33.5 Å². The number of anilines is 3. The molecule has 0 spiro atoms. The molecular formula is C56H40N2. The zero-order chi connectivity index (χ0) is 38.4. The van der Waals surface area contributed by atoms with Gasteiger partial charge in [-0.25, -0.2) is 0 Å². The van der Waals surface area contributed by atoms with Gasteiger partial charge in [0.1, 0.15) is 0 Å². The number of para-hydroxylation sites is 1. The average molecular weight is 741 g/mol. The van der Waals surface area contributed by atoms with Gasteiger partial charge in [-0.1, -0.05) is 176 Å². The van der Waals surface area contributed by atoms with E-state index in [0.29, 0.717) is 0 Å². The highest BCUT2D eigenvalue weighted by Gasteiger charge is 2.24. The summed E-state index contributed by atoms with van der Waals surface area (Å²) in [6, 6.07) is 73.5. The molecule has 1 aromatic heterocycles. The van der Waals surface area contributed by atoms with E-state index in [1.165, 1.54) is 82.4 Å². The minimum absolute atomic E-state index is 0.229. The quantitative estimate of drug-likeness (QED) is 0.148. The number of hydrogen-bond acceptors (Lipinski definition) is 1. The van der Waals surface area contributed by atoms with Crippen LogP contribution in [0.2, 0.25) is 0 Å². The summed E-state index contributed by atoms with van der Waals surface area (Å²) in [5, 5.41) is 8.68. The first-order valence-electron chi connectivity index (χ1n) is 20.2. The van der Waals surface area contributed by atoms with Gasteiger partial charge in [-0.3, -0.25) is 0 Å². The highest BCUT2D eigenvalue weighted by atomic mass is 15.1. The van der Waals surface area contributed by atoms with Gasteiger partial charge in [0.25, 0.3) is 0 Å². The van der Waals surface area contributed by atoms with E-state index in [0.717, 1.165) is 17.8 Å². The van der Waals surface area contributed by atoms with Gasteiger partial charge in [-0.05, 0) is 104 Å². The molecule has 1 aliphatic carbocycles. The first kappa shape index (κ1) is 33.9. The van der Waals surface area contributed by atoms with Crippen LogP contribution in [0, 0.1) is 0 Å². The first-order chi connectivity index (χ1) is 28.8. The maximum atomic E-state index is 2.57. The molecule has 58 heavy (non-hydrogen) atoms. The molecule has 0 radical (unpaired) electrons. The fraction of sp³-hybridized carbons (Fsp3) is 0.0357. The molecular weight excluding hydrogens is 701 g/mol. The Morgan fingerprint density at radius 1 is 0.414 bits per heavy atom. The Morgan fingerprint density at radius 3 is 1.84 bits per heavy atom. The van der Waals surface area contributed by atoms with Crippen molar-refractivity contribution in [3.63, 3.8) is 0 Å².